The van der Waals surface area contributed by atoms with Crippen LogP contribution in [0.15, 0.2) is 0 Å². The third-order valence-electron chi connectivity index (χ3n) is 2.44. The van der Waals surface area contributed by atoms with Gasteiger partial charge in [-0.1, -0.05) is 0 Å². The molecule has 8 heteroatoms. The Hall–Kier alpha value is -0.890. The fourth-order valence-electron chi connectivity index (χ4n) is 1.53. The van der Waals surface area contributed by atoms with Crippen LogP contribution >= 0.6 is 0 Å². The van der Waals surface area contributed by atoms with E-state index in [1.165, 1.54) is 0 Å². The van der Waals surface area contributed by atoms with E-state index >= 15 is 0 Å². The molecule has 0 bridgehead atoms. The molecule has 1 saturated heterocycles. The minimum absolute atomic E-state index is 0.202. The highest BCUT2D eigenvalue weighted by atomic mass is 32.2. The van der Waals surface area contributed by atoms with Gasteiger partial charge >= 0.3 is 6.09 Å². The number of piperidine rings is 1. The minimum Gasteiger partial charge on any atom is -0.465 e. The maximum absolute atomic E-state index is 13.5. The molecule has 1 aliphatic heterocycles. The Morgan fingerprint density at radius 2 is 2.25 bits per heavy atom. The van der Waals surface area contributed by atoms with Crippen LogP contribution in [0.1, 0.15) is 6.42 Å². The number of rotatable bonds is 3. The fourth-order valence-corrected chi connectivity index (χ4v) is 1.95. The quantitative estimate of drug-likeness (QED) is 0.733. The monoisotopic (exact) mass is 255 g/mol. The lowest BCUT2D eigenvalue weighted by molar-refractivity contribution is 0.0565. The Balaban J connectivity index is 2.45. The summed E-state index contributed by atoms with van der Waals surface area (Å²) in [5.74, 6) is -0.565. The van der Waals surface area contributed by atoms with Crippen LogP contribution in [0.5, 0.6) is 0 Å². The maximum Gasteiger partial charge on any atom is 0.407 e. The molecule has 2 atom stereocenters. The summed E-state index contributed by atoms with van der Waals surface area (Å²) in [7, 11) is -3.57. The summed E-state index contributed by atoms with van der Waals surface area (Å²) in [6.45, 7) is -0.256. The Morgan fingerprint density at radius 1 is 1.62 bits per heavy atom. The van der Waals surface area contributed by atoms with E-state index in [1.54, 1.807) is 0 Å². The van der Waals surface area contributed by atoms with Crippen molar-refractivity contribution in [3.63, 3.8) is 0 Å². The third-order valence-corrected chi connectivity index (χ3v) is 3.01. The molecule has 0 aromatic rings. The van der Waals surface area contributed by atoms with Gasteiger partial charge in [-0.3, -0.25) is 4.18 Å². The Labute approximate surface area is 93.1 Å². The zero-order valence-corrected chi connectivity index (χ0v) is 9.61. The molecule has 1 heterocycles. The van der Waals surface area contributed by atoms with Gasteiger partial charge in [0, 0.05) is 12.5 Å². The van der Waals surface area contributed by atoms with Crippen molar-refractivity contribution < 1.29 is 26.9 Å². The van der Waals surface area contributed by atoms with Crippen LogP contribution < -0.4 is 0 Å². The fraction of sp³-hybridized carbons (Fsp3) is 0.875. The second-order valence-electron chi connectivity index (χ2n) is 3.78. The van der Waals surface area contributed by atoms with Gasteiger partial charge in [-0.15, -0.1) is 0 Å². The number of carboxylic acid groups (broad SMARTS) is 1. The van der Waals surface area contributed by atoms with Gasteiger partial charge in [0.25, 0.3) is 10.1 Å². The number of likely N-dealkylation sites (tertiary alicyclic amines) is 1. The van der Waals surface area contributed by atoms with Gasteiger partial charge in [-0.2, -0.15) is 8.42 Å². The summed E-state index contributed by atoms with van der Waals surface area (Å²) in [6.07, 6.45) is -1.38. The van der Waals surface area contributed by atoms with Gasteiger partial charge in [-0.05, 0) is 6.42 Å². The number of alkyl halides is 1. The van der Waals surface area contributed by atoms with Gasteiger partial charge in [0.05, 0.1) is 19.4 Å². The number of nitrogens with zero attached hydrogens (tertiary/aromatic N) is 1. The van der Waals surface area contributed by atoms with Crippen molar-refractivity contribution in [2.45, 2.75) is 12.6 Å². The average molecular weight is 255 g/mol. The van der Waals surface area contributed by atoms with Crippen LogP contribution in [0, 0.1) is 5.92 Å². The molecular formula is C8H14FNO5S. The minimum atomic E-state index is -3.57. The Morgan fingerprint density at radius 3 is 2.69 bits per heavy atom. The second-order valence-corrected chi connectivity index (χ2v) is 5.43. The summed E-state index contributed by atoms with van der Waals surface area (Å²) < 4.78 is 39.4. The van der Waals surface area contributed by atoms with Crippen LogP contribution in [0.3, 0.4) is 0 Å². The first kappa shape index (κ1) is 13.2. The molecule has 1 rings (SSSR count). The normalized spacial score (nSPS) is 26.8. The average Bonchev–Trinajstić information content (AvgIpc) is 2.14. The molecule has 1 aliphatic rings. The summed E-state index contributed by atoms with van der Waals surface area (Å²) in [5, 5.41) is 8.63. The lowest BCUT2D eigenvalue weighted by atomic mass is 9.96. The van der Waals surface area contributed by atoms with Crippen LogP contribution in [-0.4, -0.2) is 56.6 Å². The van der Waals surface area contributed by atoms with Crippen LogP contribution in [0.25, 0.3) is 0 Å². The van der Waals surface area contributed by atoms with E-state index in [-0.39, 0.29) is 26.1 Å². The zero-order valence-electron chi connectivity index (χ0n) is 8.80. The summed E-state index contributed by atoms with van der Waals surface area (Å²) in [5.41, 5.74) is 0. The largest absolute Gasteiger partial charge is 0.465 e. The molecule has 0 aromatic heterocycles. The Kier molecular flexibility index (Phi) is 4.09. The lowest BCUT2D eigenvalue weighted by Gasteiger charge is -2.32. The highest BCUT2D eigenvalue weighted by molar-refractivity contribution is 7.85. The van der Waals surface area contributed by atoms with Gasteiger partial charge in [-0.25, -0.2) is 9.18 Å². The van der Waals surface area contributed by atoms with E-state index in [0.717, 1.165) is 11.2 Å². The molecule has 2 unspecified atom stereocenters. The first-order valence-corrected chi connectivity index (χ1v) is 6.57. The number of hydrogen-bond acceptors (Lipinski definition) is 4. The molecule has 94 valence electrons. The van der Waals surface area contributed by atoms with Crippen molar-refractivity contribution in [2.24, 2.45) is 5.92 Å². The third kappa shape index (κ3) is 3.93. The molecule has 1 amide bonds. The predicted molar refractivity (Wildman–Crippen MR) is 53.4 cm³/mol. The van der Waals surface area contributed by atoms with E-state index < -0.39 is 28.3 Å². The molecule has 16 heavy (non-hydrogen) atoms. The van der Waals surface area contributed by atoms with Gasteiger partial charge in [0.1, 0.15) is 6.17 Å². The molecule has 1 fully saturated rings. The molecule has 0 saturated carbocycles. The molecule has 0 aliphatic carbocycles. The summed E-state index contributed by atoms with van der Waals surface area (Å²) >= 11 is 0. The highest BCUT2D eigenvalue weighted by Crippen LogP contribution is 2.21. The zero-order chi connectivity index (χ0) is 12.3. The van der Waals surface area contributed by atoms with E-state index in [0.29, 0.717) is 0 Å². The van der Waals surface area contributed by atoms with Gasteiger partial charge < -0.3 is 10.0 Å². The van der Waals surface area contributed by atoms with Crippen molar-refractivity contribution >= 4 is 16.2 Å². The number of halogens is 1. The highest BCUT2D eigenvalue weighted by Gasteiger charge is 2.32. The van der Waals surface area contributed by atoms with Crippen LogP contribution in [0.2, 0.25) is 0 Å². The van der Waals surface area contributed by atoms with Crippen LogP contribution in [0.4, 0.5) is 9.18 Å². The smallest absolute Gasteiger partial charge is 0.407 e. The topological polar surface area (TPSA) is 83.9 Å². The lowest BCUT2D eigenvalue weighted by Crippen LogP contribution is -2.45. The van der Waals surface area contributed by atoms with Crippen molar-refractivity contribution in [3.05, 3.63) is 0 Å². The second kappa shape index (κ2) is 4.96. The first-order valence-electron chi connectivity index (χ1n) is 4.76. The van der Waals surface area contributed by atoms with Crippen molar-refractivity contribution in [1.82, 2.24) is 4.90 Å². The van der Waals surface area contributed by atoms with Crippen LogP contribution in [-0.2, 0) is 14.3 Å². The SMILES string of the molecule is CS(=O)(=O)OCC1CCN(C(=O)O)CC1F. The number of carbonyl (C=O) groups is 1. The standard InChI is InChI=1S/C8H14FNO5S/c1-16(13,14)15-5-6-2-3-10(8(11)12)4-7(6)9/h6-7H,2-5H2,1H3,(H,11,12). The van der Waals surface area contributed by atoms with Gasteiger partial charge in [0.2, 0.25) is 0 Å². The first-order chi connectivity index (χ1) is 7.29. The Bertz CT molecular complexity index is 357. The molecule has 1 N–H and O–H groups in total. The molecule has 0 aromatic carbocycles. The van der Waals surface area contributed by atoms with Crippen molar-refractivity contribution in [3.8, 4) is 0 Å². The molecular weight excluding hydrogens is 241 g/mol. The molecule has 0 radical (unpaired) electrons. The van der Waals surface area contributed by atoms with E-state index in [9.17, 15) is 17.6 Å². The van der Waals surface area contributed by atoms with Crippen molar-refractivity contribution in [1.29, 1.82) is 0 Å². The summed E-state index contributed by atoms with van der Waals surface area (Å²) in [6, 6.07) is 0. The number of hydrogen-bond donors (Lipinski definition) is 1. The summed E-state index contributed by atoms with van der Waals surface area (Å²) in [4.78, 5) is 11.5. The molecule has 0 spiro atoms. The maximum atomic E-state index is 13.5. The predicted octanol–water partition coefficient (Wildman–Crippen LogP) is 0.301. The number of amides is 1. The molecule has 6 nitrogen and oxygen atoms in total. The van der Waals surface area contributed by atoms with E-state index in [2.05, 4.69) is 4.18 Å². The van der Waals surface area contributed by atoms with Crippen molar-refractivity contribution in [2.75, 3.05) is 26.0 Å². The van der Waals surface area contributed by atoms with E-state index in [1.807, 2.05) is 0 Å². The van der Waals surface area contributed by atoms with E-state index in [4.69, 9.17) is 5.11 Å². The van der Waals surface area contributed by atoms with Gasteiger partial charge in [0.15, 0.2) is 0 Å².